The van der Waals surface area contributed by atoms with Crippen molar-refractivity contribution in [2.45, 2.75) is 13.3 Å². The number of hydrogen-bond donors (Lipinski definition) is 2. The van der Waals surface area contributed by atoms with Crippen LogP contribution in [-0.4, -0.2) is 38.0 Å². The van der Waals surface area contributed by atoms with Gasteiger partial charge in [0.2, 0.25) is 0 Å². The highest BCUT2D eigenvalue weighted by atomic mass is 32.2. The molecule has 0 unspecified atom stereocenters. The second-order valence-electron chi connectivity index (χ2n) is 5.67. The molecule has 3 heterocycles. The number of rotatable bonds is 5. The topological polar surface area (TPSA) is 101 Å². The zero-order chi connectivity index (χ0) is 15.7. The average Bonchev–Trinajstić information content (AvgIpc) is 2.40. The summed E-state index contributed by atoms with van der Waals surface area (Å²) in [5.74, 6) is 0.473. The summed E-state index contributed by atoms with van der Waals surface area (Å²) >= 11 is 0. The number of aromatic nitrogens is 2. The molecule has 0 bridgehead atoms. The minimum atomic E-state index is -3.58. The summed E-state index contributed by atoms with van der Waals surface area (Å²) in [5.41, 5.74) is 3.02. The molecule has 0 amide bonds. The van der Waals surface area contributed by atoms with Crippen LogP contribution < -0.4 is 14.8 Å². The molecule has 0 spiro atoms. The van der Waals surface area contributed by atoms with Crippen molar-refractivity contribution >= 4 is 26.8 Å². The molecule has 3 rings (SSSR count). The monoisotopic (exact) mass is 321 g/mol. The van der Waals surface area contributed by atoms with Crippen LogP contribution >= 0.6 is 0 Å². The Morgan fingerprint density at radius 1 is 1.41 bits per heavy atom. The van der Waals surface area contributed by atoms with E-state index in [9.17, 15) is 8.42 Å². The van der Waals surface area contributed by atoms with Crippen molar-refractivity contribution in [1.82, 2.24) is 14.7 Å². The molecule has 7 nitrogen and oxygen atoms in total. The van der Waals surface area contributed by atoms with Crippen LogP contribution in [0.15, 0.2) is 24.5 Å². The zero-order valence-electron chi connectivity index (χ0n) is 12.4. The molecule has 2 aromatic rings. The maximum atomic E-state index is 10.8. The van der Waals surface area contributed by atoms with Crippen LogP contribution in [0.4, 0.5) is 5.69 Å². The molecular formula is C14H19N5O2S. The smallest absolute Gasteiger partial charge is 0.274 e. The third-order valence-electron chi connectivity index (χ3n) is 3.90. The Morgan fingerprint density at radius 2 is 2.18 bits per heavy atom. The van der Waals surface area contributed by atoms with Crippen LogP contribution in [0, 0.1) is 12.8 Å². The molecule has 1 fully saturated rings. The second kappa shape index (κ2) is 5.79. The molecule has 22 heavy (non-hydrogen) atoms. The van der Waals surface area contributed by atoms with Crippen molar-refractivity contribution < 1.29 is 8.42 Å². The normalized spacial score (nSPS) is 16.0. The van der Waals surface area contributed by atoms with Crippen molar-refractivity contribution in [3.05, 3.63) is 30.2 Å². The third kappa shape index (κ3) is 3.34. The van der Waals surface area contributed by atoms with Gasteiger partial charge in [-0.2, -0.15) is 8.42 Å². The first kappa shape index (κ1) is 15.1. The highest BCUT2D eigenvalue weighted by Crippen LogP contribution is 2.31. The van der Waals surface area contributed by atoms with E-state index in [1.807, 2.05) is 19.1 Å². The number of fused-ring (bicyclic) bond motifs is 1. The van der Waals surface area contributed by atoms with Gasteiger partial charge in [-0.1, -0.05) is 0 Å². The van der Waals surface area contributed by atoms with Gasteiger partial charge in [0, 0.05) is 42.6 Å². The molecule has 0 aromatic carbocycles. The van der Waals surface area contributed by atoms with E-state index in [4.69, 9.17) is 5.14 Å². The summed E-state index contributed by atoms with van der Waals surface area (Å²) in [4.78, 5) is 10.9. The van der Waals surface area contributed by atoms with Crippen molar-refractivity contribution in [1.29, 1.82) is 0 Å². The van der Waals surface area contributed by atoms with E-state index < -0.39 is 10.2 Å². The molecule has 2 aromatic heterocycles. The van der Waals surface area contributed by atoms with Crippen LogP contribution in [0.3, 0.4) is 0 Å². The van der Waals surface area contributed by atoms with Gasteiger partial charge >= 0.3 is 0 Å². The molecule has 0 radical (unpaired) electrons. The van der Waals surface area contributed by atoms with Crippen LogP contribution in [0.5, 0.6) is 0 Å². The number of nitrogens with two attached hydrogens (primary N) is 1. The first-order valence-electron chi connectivity index (χ1n) is 7.16. The summed E-state index contributed by atoms with van der Waals surface area (Å²) in [6, 6.07) is 4.06. The van der Waals surface area contributed by atoms with Crippen molar-refractivity contribution in [2.24, 2.45) is 11.1 Å². The highest BCUT2D eigenvalue weighted by molar-refractivity contribution is 7.87. The molecule has 8 heteroatoms. The molecule has 1 aliphatic rings. The average molecular weight is 321 g/mol. The van der Waals surface area contributed by atoms with E-state index in [1.165, 1.54) is 0 Å². The summed E-state index contributed by atoms with van der Waals surface area (Å²) in [7, 11) is -3.58. The van der Waals surface area contributed by atoms with Crippen molar-refractivity contribution in [3.63, 3.8) is 0 Å². The number of aryl methyl sites for hydroxylation is 1. The summed E-state index contributed by atoms with van der Waals surface area (Å²) < 4.78 is 24.0. The largest absolute Gasteiger partial charge is 0.370 e. The molecular weight excluding hydrogens is 302 g/mol. The zero-order valence-corrected chi connectivity index (χ0v) is 13.2. The summed E-state index contributed by atoms with van der Waals surface area (Å²) in [5, 5.41) is 6.02. The Kier molecular flexibility index (Phi) is 3.98. The highest BCUT2D eigenvalue weighted by Gasteiger charge is 2.27. The molecule has 118 valence electrons. The van der Waals surface area contributed by atoms with E-state index in [0.717, 1.165) is 41.8 Å². The maximum absolute atomic E-state index is 10.8. The van der Waals surface area contributed by atoms with E-state index in [1.54, 1.807) is 12.4 Å². The van der Waals surface area contributed by atoms with Crippen LogP contribution in [0.1, 0.15) is 12.1 Å². The number of hydrogen-bond acceptors (Lipinski definition) is 5. The van der Waals surface area contributed by atoms with E-state index in [2.05, 4.69) is 19.6 Å². The number of anilines is 1. The van der Waals surface area contributed by atoms with Gasteiger partial charge in [-0.25, -0.2) is 9.86 Å². The Labute approximate surface area is 129 Å². The molecule has 1 aliphatic heterocycles. The van der Waals surface area contributed by atoms with Gasteiger partial charge in [-0.05, 0) is 31.4 Å². The number of nitrogens with zero attached hydrogens (tertiary/aromatic N) is 3. The lowest BCUT2D eigenvalue weighted by Gasteiger charge is -2.41. The lowest BCUT2D eigenvalue weighted by Crippen LogP contribution is -2.48. The van der Waals surface area contributed by atoms with Gasteiger partial charge in [0.05, 0.1) is 11.7 Å². The van der Waals surface area contributed by atoms with Crippen molar-refractivity contribution in [3.8, 4) is 0 Å². The van der Waals surface area contributed by atoms with E-state index >= 15 is 0 Å². The second-order valence-corrected chi connectivity index (χ2v) is 7.05. The molecule has 0 saturated carbocycles. The fourth-order valence-electron chi connectivity index (χ4n) is 2.77. The predicted octanol–water partition coefficient (Wildman–Crippen LogP) is 0.558. The minimum absolute atomic E-state index is 0.386. The van der Waals surface area contributed by atoms with Gasteiger partial charge in [-0.15, -0.1) is 0 Å². The molecule has 3 N–H and O–H groups in total. The minimum Gasteiger partial charge on any atom is -0.370 e. The predicted molar refractivity (Wildman–Crippen MR) is 85.7 cm³/mol. The summed E-state index contributed by atoms with van der Waals surface area (Å²) in [6.45, 7) is 4.17. The molecule has 0 atom stereocenters. The Hall–Kier alpha value is -1.77. The summed E-state index contributed by atoms with van der Waals surface area (Å²) in [6.07, 6.45) is 4.38. The Bertz CT molecular complexity index is 787. The van der Waals surface area contributed by atoms with Crippen LogP contribution in [0.25, 0.3) is 10.9 Å². The Morgan fingerprint density at radius 3 is 2.91 bits per heavy atom. The number of nitrogens with one attached hydrogen (secondary N) is 1. The van der Waals surface area contributed by atoms with E-state index in [0.29, 0.717) is 12.5 Å². The fourth-order valence-corrected chi connectivity index (χ4v) is 3.17. The first-order valence-corrected chi connectivity index (χ1v) is 8.71. The van der Waals surface area contributed by atoms with Gasteiger partial charge < -0.3 is 4.90 Å². The fraction of sp³-hybridized carbons (Fsp3) is 0.429. The standard InChI is InChI=1S/C14H19N5O2S/c1-10-6-12-13(7-17-10)16-4-3-14(12)19-8-11(9-19)2-5-18-22(15,20)21/h3-4,6-7,11,18H,2,5,8-9H2,1H3,(H2,15,20,21). The Balaban J connectivity index is 1.64. The SMILES string of the molecule is Cc1cc2c(N3CC(CCNS(N)(=O)=O)C3)ccnc2cn1. The van der Waals surface area contributed by atoms with Crippen LogP contribution in [-0.2, 0) is 10.2 Å². The lowest BCUT2D eigenvalue weighted by molar-refractivity contribution is 0.385. The van der Waals surface area contributed by atoms with Gasteiger partial charge in [-0.3, -0.25) is 9.97 Å². The molecule has 1 saturated heterocycles. The van der Waals surface area contributed by atoms with Gasteiger partial charge in [0.15, 0.2) is 0 Å². The lowest BCUT2D eigenvalue weighted by atomic mass is 9.95. The first-order chi connectivity index (χ1) is 10.4. The molecule has 0 aliphatic carbocycles. The quantitative estimate of drug-likeness (QED) is 0.838. The third-order valence-corrected chi connectivity index (χ3v) is 4.50. The maximum Gasteiger partial charge on any atom is 0.274 e. The van der Waals surface area contributed by atoms with Crippen molar-refractivity contribution in [2.75, 3.05) is 24.5 Å². The van der Waals surface area contributed by atoms with E-state index in [-0.39, 0.29) is 0 Å². The number of pyridine rings is 2. The van der Waals surface area contributed by atoms with Crippen LogP contribution in [0.2, 0.25) is 0 Å². The van der Waals surface area contributed by atoms with Gasteiger partial charge in [0.1, 0.15) is 0 Å². The van der Waals surface area contributed by atoms with Gasteiger partial charge in [0.25, 0.3) is 10.2 Å².